The summed E-state index contributed by atoms with van der Waals surface area (Å²) in [5.41, 5.74) is -0.906. The summed E-state index contributed by atoms with van der Waals surface area (Å²) >= 11 is 0. The molecule has 6 nitrogen and oxygen atoms in total. The van der Waals surface area contributed by atoms with Crippen molar-refractivity contribution in [3.8, 4) is 0 Å². The molecule has 0 aliphatic rings. The molecule has 3 unspecified atom stereocenters. The van der Waals surface area contributed by atoms with Crippen molar-refractivity contribution < 1.29 is 28.7 Å². The zero-order valence-electron chi connectivity index (χ0n) is 21.9. The van der Waals surface area contributed by atoms with E-state index in [4.69, 9.17) is 4.52 Å². The van der Waals surface area contributed by atoms with Crippen molar-refractivity contribution >= 4 is 7.60 Å². The average Bonchev–Trinajstić information content (AvgIpc) is 2.71. The molecule has 0 rings (SSSR count). The third-order valence-corrected chi connectivity index (χ3v) is 8.06. The minimum atomic E-state index is -4.14. The van der Waals surface area contributed by atoms with E-state index in [1.165, 1.54) is 70.6 Å². The minimum absolute atomic E-state index is 0.249. The largest absolute Gasteiger partial charge is 0.395 e. The lowest BCUT2D eigenvalue weighted by molar-refractivity contribution is -0.870. The fourth-order valence-corrected chi connectivity index (χ4v) is 5.86. The fourth-order valence-electron chi connectivity index (χ4n) is 4.10. The Morgan fingerprint density at radius 3 is 1.56 bits per heavy atom. The third kappa shape index (κ3) is 16.6. The van der Waals surface area contributed by atoms with Crippen molar-refractivity contribution in [1.82, 2.24) is 0 Å². The topological polar surface area (TPSA) is 87.0 Å². The van der Waals surface area contributed by atoms with Gasteiger partial charge in [-0.3, -0.25) is 9.09 Å². The van der Waals surface area contributed by atoms with Gasteiger partial charge in [0.05, 0.1) is 34.3 Å². The summed E-state index contributed by atoms with van der Waals surface area (Å²) in [6.07, 6.45) is 18.2. The van der Waals surface area contributed by atoms with Crippen LogP contribution in [0.3, 0.4) is 0 Å². The molecule has 3 atom stereocenters. The van der Waals surface area contributed by atoms with Crippen LogP contribution in [-0.2, 0) is 9.09 Å². The molecular formula is C25H55NO5P+. The number of quaternary nitrogens is 1. The van der Waals surface area contributed by atoms with Gasteiger partial charge in [0.2, 0.25) is 0 Å². The first kappa shape index (κ1) is 32.0. The van der Waals surface area contributed by atoms with Gasteiger partial charge in [-0.25, -0.2) is 0 Å². The SMILES string of the molecule is CCCCCCCCCCCCCCCCC(O)(CC)OP(=O)(O)C(CO)C[N+](C)(C)C. The van der Waals surface area contributed by atoms with Gasteiger partial charge in [-0.15, -0.1) is 0 Å². The molecule has 0 bridgehead atoms. The highest BCUT2D eigenvalue weighted by Crippen LogP contribution is 2.52. The molecule has 7 heteroatoms. The van der Waals surface area contributed by atoms with E-state index in [0.29, 0.717) is 17.4 Å². The minimum Gasteiger partial charge on any atom is -0.395 e. The predicted octanol–water partition coefficient (Wildman–Crippen LogP) is 6.23. The average molecular weight is 481 g/mol. The van der Waals surface area contributed by atoms with Crippen molar-refractivity contribution in [3.63, 3.8) is 0 Å². The molecule has 3 N–H and O–H groups in total. The second-order valence-corrected chi connectivity index (χ2v) is 12.7. The Morgan fingerprint density at radius 1 is 0.812 bits per heavy atom. The molecule has 0 spiro atoms. The van der Waals surface area contributed by atoms with E-state index >= 15 is 0 Å². The van der Waals surface area contributed by atoms with Gasteiger partial charge >= 0.3 is 7.60 Å². The molecule has 0 saturated heterocycles. The maximum atomic E-state index is 12.7. The van der Waals surface area contributed by atoms with Gasteiger partial charge in [0.1, 0.15) is 5.66 Å². The van der Waals surface area contributed by atoms with E-state index in [0.717, 1.165) is 19.3 Å². The summed E-state index contributed by atoms with van der Waals surface area (Å²) in [5, 5.41) is 20.3. The first-order chi connectivity index (χ1) is 15.0. The van der Waals surface area contributed by atoms with E-state index in [9.17, 15) is 19.7 Å². The standard InChI is InChI=1S/C25H54NO5P/c1-6-8-9-10-11-12-13-14-15-16-17-18-19-20-21-25(28,7-2)31-32(29,30)24(23-27)22-26(3,4)5/h24,27-28H,6-23H2,1-5H3/p+1. The lowest BCUT2D eigenvalue weighted by Crippen LogP contribution is -2.44. The summed E-state index contributed by atoms with van der Waals surface area (Å²) in [4.78, 5) is 10.4. The summed E-state index contributed by atoms with van der Waals surface area (Å²) < 4.78 is 18.6. The first-order valence-electron chi connectivity index (χ1n) is 13.2. The van der Waals surface area contributed by atoms with E-state index in [1.807, 2.05) is 21.1 Å². The van der Waals surface area contributed by atoms with E-state index < -0.39 is 25.6 Å². The molecule has 0 aliphatic heterocycles. The lowest BCUT2D eigenvalue weighted by atomic mass is 10.0. The van der Waals surface area contributed by atoms with Gasteiger partial charge in [0, 0.05) is 6.42 Å². The van der Waals surface area contributed by atoms with Crippen molar-refractivity contribution in [2.75, 3.05) is 34.3 Å². The van der Waals surface area contributed by atoms with Crippen LogP contribution in [0.2, 0.25) is 0 Å². The Hall–Kier alpha value is 0.0300. The number of aliphatic hydroxyl groups excluding tert-OH is 1. The lowest BCUT2D eigenvalue weighted by Gasteiger charge is -2.34. The van der Waals surface area contributed by atoms with Crippen LogP contribution in [0, 0.1) is 0 Å². The molecule has 32 heavy (non-hydrogen) atoms. The van der Waals surface area contributed by atoms with Gasteiger partial charge in [-0.1, -0.05) is 97.3 Å². The van der Waals surface area contributed by atoms with Gasteiger partial charge in [0.15, 0.2) is 5.79 Å². The summed E-state index contributed by atoms with van der Waals surface area (Å²) in [6.45, 7) is 3.87. The molecule has 0 amide bonds. The Kier molecular flexibility index (Phi) is 17.5. The Balaban J connectivity index is 4.03. The molecule has 0 heterocycles. The van der Waals surface area contributed by atoms with E-state index in [2.05, 4.69) is 6.92 Å². The van der Waals surface area contributed by atoms with Gasteiger partial charge in [0.25, 0.3) is 0 Å². The number of hydrogen-bond donors (Lipinski definition) is 3. The summed E-state index contributed by atoms with van der Waals surface area (Å²) in [5.74, 6) is -1.61. The third-order valence-electron chi connectivity index (χ3n) is 6.20. The molecule has 0 fully saturated rings. The van der Waals surface area contributed by atoms with E-state index in [1.54, 1.807) is 6.92 Å². The van der Waals surface area contributed by atoms with Crippen LogP contribution < -0.4 is 0 Å². The zero-order chi connectivity index (χ0) is 24.5. The molecule has 0 radical (unpaired) electrons. The zero-order valence-corrected chi connectivity index (χ0v) is 22.8. The normalized spacial score (nSPS) is 17.1. The highest BCUT2D eigenvalue weighted by molar-refractivity contribution is 7.53. The molecule has 0 aliphatic carbocycles. The van der Waals surface area contributed by atoms with Crippen LogP contribution in [0.15, 0.2) is 0 Å². The highest BCUT2D eigenvalue weighted by atomic mass is 31.2. The summed E-state index contributed by atoms with van der Waals surface area (Å²) in [7, 11) is 1.54. The quantitative estimate of drug-likeness (QED) is 0.0740. The van der Waals surface area contributed by atoms with Crippen molar-refractivity contribution in [2.45, 2.75) is 128 Å². The van der Waals surface area contributed by atoms with Crippen LogP contribution >= 0.6 is 7.60 Å². The monoisotopic (exact) mass is 480 g/mol. The number of nitrogens with zero attached hydrogens (tertiary/aromatic N) is 1. The number of rotatable bonds is 22. The smallest absolute Gasteiger partial charge is 0.341 e. The second kappa shape index (κ2) is 17.5. The predicted molar refractivity (Wildman–Crippen MR) is 135 cm³/mol. The van der Waals surface area contributed by atoms with Crippen molar-refractivity contribution in [1.29, 1.82) is 0 Å². The molecule has 194 valence electrons. The summed E-state index contributed by atoms with van der Waals surface area (Å²) in [6, 6.07) is 0. The molecule has 0 saturated carbocycles. The Labute approximate surface area is 198 Å². The molecule has 0 aromatic heterocycles. The molecule has 0 aromatic rings. The van der Waals surface area contributed by atoms with Gasteiger partial charge in [-0.2, -0.15) is 0 Å². The van der Waals surface area contributed by atoms with Crippen LogP contribution in [0.1, 0.15) is 117 Å². The van der Waals surface area contributed by atoms with E-state index in [-0.39, 0.29) is 6.42 Å². The van der Waals surface area contributed by atoms with Crippen molar-refractivity contribution in [2.24, 2.45) is 0 Å². The highest BCUT2D eigenvalue weighted by Gasteiger charge is 2.42. The number of unbranched alkanes of at least 4 members (excludes halogenated alkanes) is 13. The van der Waals surface area contributed by atoms with Crippen molar-refractivity contribution in [3.05, 3.63) is 0 Å². The Bertz CT molecular complexity index is 497. The second-order valence-electron chi connectivity index (χ2n) is 10.6. The number of aliphatic hydroxyl groups is 2. The van der Waals surface area contributed by atoms with Crippen LogP contribution in [0.5, 0.6) is 0 Å². The van der Waals surface area contributed by atoms with Crippen LogP contribution in [0.4, 0.5) is 0 Å². The molecule has 0 aromatic carbocycles. The molecular weight excluding hydrogens is 425 g/mol. The fraction of sp³-hybridized carbons (Fsp3) is 1.00. The van der Waals surface area contributed by atoms with Gasteiger partial charge in [-0.05, 0) is 12.8 Å². The maximum absolute atomic E-state index is 12.7. The van der Waals surface area contributed by atoms with Gasteiger partial charge < -0.3 is 19.6 Å². The number of hydrogen-bond acceptors (Lipinski definition) is 4. The maximum Gasteiger partial charge on any atom is 0.341 e. The first-order valence-corrected chi connectivity index (χ1v) is 14.8. The van der Waals surface area contributed by atoms with Crippen LogP contribution in [-0.4, -0.2) is 65.3 Å². The van der Waals surface area contributed by atoms with Crippen LogP contribution in [0.25, 0.3) is 0 Å². The Morgan fingerprint density at radius 2 is 1.22 bits per heavy atom.